The van der Waals surface area contributed by atoms with E-state index in [4.69, 9.17) is 9.47 Å². The Balaban J connectivity index is -0.00000132. The Morgan fingerprint density at radius 3 is 0.630 bits per heavy atom. The second-order valence-corrected chi connectivity index (χ2v) is 22.0. The molecule has 8 nitrogen and oxygen atoms in total. The van der Waals surface area contributed by atoms with Crippen LogP contribution in [0.1, 0.15) is 374 Å². The second kappa shape index (κ2) is 64.8. The van der Waals surface area contributed by atoms with Crippen LogP contribution in [0.4, 0.5) is 0 Å². The Kier molecular flexibility index (Phi) is 67.2. The smallest absolute Gasteiger partial charge is 0.550 e. The predicted octanol–water partition coefficient (Wildman–Crippen LogP) is 18.4. The van der Waals surface area contributed by atoms with Gasteiger partial charge < -0.3 is 29.3 Å². The van der Waals surface area contributed by atoms with Crippen molar-refractivity contribution in [3.63, 3.8) is 0 Å². The number of esters is 2. The summed E-state index contributed by atoms with van der Waals surface area (Å²) in [5, 5.41) is 21.2. The monoisotopic (exact) mass is 1080 g/mol. The molecule has 0 fully saturated rings. The molecule has 73 heavy (non-hydrogen) atoms. The minimum atomic E-state index is -0.973. The summed E-state index contributed by atoms with van der Waals surface area (Å²) >= 11 is 0. The molecule has 0 aliphatic rings. The first-order valence-electron chi connectivity index (χ1n) is 32.0. The molecule has 0 aromatic rings. The number of aliphatic carboxylic acids is 2. The van der Waals surface area contributed by atoms with Gasteiger partial charge in [-0.05, 0) is 89.9 Å². The maximum atomic E-state index is 12.4. The molecule has 0 saturated heterocycles. The van der Waals surface area contributed by atoms with E-state index in [1.807, 2.05) is 0 Å². The van der Waals surface area contributed by atoms with E-state index in [2.05, 4.69) is 27.7 Å². The maximum absolute atomic E-state index is 12.4. The van der Waals surface area contributed by atoms with Gasteiger partial charge in [0.25, 0.3) is 0 Å². The van der Waals surface area contributed by atoms with Crippen molar-refractivity contribution in [1.82, 2.24) is 0 Å². The molecule has 2 atom stereocenters. The number of ether oxygens (including phenoxy) is 2. The van der Waals surface area contributed by atoms with Crippen LogP contribution < -0.4 is 10.2 Å². The molecule has 0 heterocycles. The van der Waals surface area contributed by atoms with Crippen LogP contribution in [0, 0.1) is 0 Å². The minimum Gasteiger partial charge on any atom is -0.550 e. The fraction of sp³-hybridized carbons (Fsp3) is 0.938. The number of hydrogen-bond acceptors (Lipinski definition) is 8. The molecule has 0 bridgehead atoms. The van der Waals surface area contributed by atoms with E-state index < -0.39 is 11.9 Å². The van der Waals surface area contributed by atoms with Gasteiger partial charge in [-0.15, -0.1) is 0 Å². The third-order valence-electron chi connectivity index (χ3n) is 14.6. The van der Waals surface area contributed by atoms with Crippen molar-refractivity contribution in [3.05, 3.63) is 0 Å². The van der Waals surface area contributed by atoms with E-state index in [9.17, 15) is 29.4 Å². The minimum absolute atomic E-state index is 0. The Morgan fingerprint density at radius 2 is 0.425 bits per heavy atom. The van der Waals surface area contributed by atoms with Crippen molar-refractivity contribution in [3.8, 4) is 0 Å². The van der Waals surface area contributed by atoms with Gasteiger partial charge >= 0.3 is 31.4 Å². The third kappa shape index (κ3) is 66.6. The van der Waals surface area contributed by atoms with Gasteiger partial charge in [0.05, 0.1) is 0 Å². The van der Waals surface area contributed by atoms with Gasteiger partial charge in [-0.25, -0.2) is 0 Å². The quantitative estimate of drug-likeness (QED) is 0.0334. The molecule has 0 aliphatic heterocycles. The summed E-state index contributed by atoms with van der Waals surface area (Å²) in [6, 6.07) is 0. The van der Waals surface area contributed by atoms with Crippen molar-refractivity contribution in [2.75, 3.05) is 0 Å². The number of hydrogen-bond donors (Lipinski definition) is 0. The van der Waals surface area contributed by atoms with Crippen LogP contribution in [0.3, 0.4) is 0 Å². The zero-order chi connectivity index (χ0) is 53.1. The van der Waals surface area contributed by atoms with E-state index in [0.717, 1.165) is 89.9 Å². The summed E-state index contributed by atoms with van der Waals surface area (Å²) in [6.07, 6.45) is 61.3. The van der Waals surface area contributed by atoms with Gasteiger partial charge in [0.15, 0.2) is 0 Å². The van der Waals surface area contributed by atoms with Crippen molar-refractivity contribution in [2.24, 2.45) is 0 Å². The third-order valence-corrected chi connectivity index (χ3v) is 14.6. The number of unbranched alkanes of at least 4 members (excludes halogenated alkanes) is 40. The molecule has 0 spiro atoms. The van der Waals surface area contributed by atoms with Crippen LogP contribution in [-0.2, 0) is 48.1 Å². The zero-order valence-corrected chi connectivity index (χ0v) is 52.3. The summed E-state index contributed by atoms with van der Waals surface area (Å²) in [4.78, 5) is 46.1. The van der Waals surface area contributed by atoms with E-state index in [1.165, 1.54) is 218 Å². The Hall–Kier alpha value is -1.50. The van der Waals surface area contributed by atoms with Crippen molar-refractivity contribution in [1.29, 1.82) is 0 Å². The topological polar surface area (TPSA) is 133 Å². The molecule has 0 radical (unpaired) electrons. The normalized spacial score (nSPS) is 11.9. The Bertz CT molecular complexity index is 1050. The van der Waals surface area contributed by atoms with Crippen molar-refractivity contribution < 1.29 is 58.3 Å². The average molecular weight is 1090 g/mol. The summed E-state index contributed by atoms with van der Waals surface area (Å²) in [5.74, 6) is -2.03. The van der Waals surface area contributed by atoms with E-state index >= 15 is 0 Å². The van der Waals surface area contributed by atoms with Crippen LogP contribution in [0.15, 0.2) is 0 Å². The van der Waals surface area contributed by atoms with E-state index in [-0.39, 0.29) is 56.5 Å². The Labute approximate surface area is 466 Å². The van der Waals surface area contributed by atoms with Crippen LogP contribution in [0.5, 0.6) is 0 Å². The van der Waals surface area contributed by atoms with E-state index in [1.54, 1.807) is 0 Å². The number of carboxylic acid groups (broad SMARTS) is 2. The van der Waals surface area contributed by atoms with Gasteiger partial charge in [-0.2, -0.15) is 0 Å². The Morgan fingerprint density at radius 1 is 0.260 bits per heavy atom. The van der Waals surface area contributed by atoms with Gasteiger partial charge in [0.1, 0.15) is 12.2 Å². The first kappa shape index (κ1) is 75.7. The molecule has 0 N–H and O–H groups in total. The van der Waals surface area contributed by atoms with Crippen molar-refractivity contribution >= 4 is 23.9 Å². The van der Waals surface area contributed by atoms with E-state index in [0.29, 0.717) is 25.7 Å². The average Bonchev–Trinajstić information content (AvgIpc) is 3.35. The molecule has 2 unspecified atom stereocenters. The van der Waals surface area contributed by atoms with Crippen LogP contribution in [-0.4, -0.2) is 36.1 Å². The molecule has 0 amide bonds. The second-order valence-electron chi connectivity index (χ2n) is 22.0. The van der Waals surface area contributed by atoms with Gasteiger partial charge in [0.2, 0.25) is 0 Å². The molecule has 0 aliphatic carbocycles. The molecular formula is C64H122O8Zn. The zero-order valence-electron chi connectivity index (χ0n) is 49.3. The summed E-state index contributed by atoms with van der Waals surface area (Å²) in [6.45, 7) is 9.03. The summed E-state index contributed by atoms with van der Waals surface area (Å²) in [7, 11) is 0. The van der Waals surface area contributed by atoms with Gasteiger partial charge in [-0.1, -0.05) is 272 Å². The number of carbonyl (C=O) groups excluding carboxylic acids is 4. The maximum Gasteiger partial charge on any atom is 2.00 e. The molecule has 0 aromatic heterocycles. The first-order valence-corrected chi connectivity index (χ1v) is 32.0. The number of rotatable bonds is 58. The molecular weight excluding hydrogens is 962 g/mol. The fourth-order valence-electron chi connectivity index (χ4n) is 9.88. The summed E-state index contributed by atoms with van der Waals surface area (Å²) in [5.41, 5.74) is 0. The van der Waals surface area contributed by atoms with Crippen LogP contribution in [0.25, 0.3) is 0 Å². The largest absolute Gasteiger partial charge is 2.00 e. The van der Waals surface area contributed by atoms with Gasteiger partial charge in [-0.3, -0.25) is 9.59 Å². The van der Waals surface area contributed by atoms with Crippen LogP contribution in [0.2, 0.25) is 0 Å². The molecule has 0 aromatic carbocycles. The first-order chi connectivity index (χ1) is 35.2. The van der Waals surface area contributed by atoms with Crippen molar-refractivity contribution in [2.45, 2.75) is 387 Å². The molecule has 9 heteroatoms. The number of carbonyl (C=O) groups is 4. The fourth-order valence-corrected chi connectivity index (χ4v) is 9.88. The van der Waals surface area contributed by atoms with Crippen LogP contribution >= 0.6 is 0 Å². The number of carboxylic acids is 2. The standard InChI is InChI=1S/2C32H62O4.Zn/c2*1-3-5-7-9-11-13-14-16-18-20-25-29-32(35)36-30(27-23-21-24-28-31(33)34)26-22-19-17-15-12-10-8-6-4-2;/h2*30H,3-29H2,1-2H3,(H,33,34);/q;;+2/p-2. The molecule has 0 saturated carbocycles. The molecule has 428 valence electrons. The van der Waals surface area contributed by atoms with Gasteiger partial charge in [0, 0.05) is 24.8 Å². The SMILES string of the molecule is CCCCCCCCCCCCCC(=O)OC(CCCCCCCCCCC)CCCCCC(=O)[O-].CCCCCCCCCCCCCC(=O)OC(CCCCCCCCCCC)CCCCCC(=O)[O-].[Zn+2]. The molecule has 0 rings (SSSR count). The summed E-state index contributed by atoms with van der Waals surface area (Å²) < 4.78 is 11.7. The predicted molar refractivity (Wildman–Crippen MR) is 302 cm³/mol.